The van der Waals surface area contributed by atoms with E-state index in [0.29, 0.717) is 6.54 Å². The van der Waals surface area contributed by atoms with Crippen LogP contribution >= 0.6 is 0 Å². The fraction of sp³-hybridized carbons (Fsp3) is 0.462. The Morgan fingerprint density at radius 2 is 2.00 bits per heavy atom. The largest absolute Gasteiger partial charge is 0.491 e. The van der Waals surface area contributed by atoms with E-state index in [2.05, 4.69) is 15.4 Å². The standard InChI is InChI=1S/C13H16F2N2O3/c1-20-11-9(14)4-8(5-10(11)15)17-12(19)16-6-13(7-18)2-3-13/h4-5,18H,2-3,6-7H2,1H3,(H2,16,17,19). The molecule has 0 atom stereocenters. The van der Waals surface area contributed by atoms with Gasteiger partial charge in [-0.05, 0) is 12.8 Å². The number of methoxy groups -OCH3 is 1. The van der Waals surface area contributed by atoms with E-state index in [1.807, 2.05) is 0 Å². The van der Waals surface area contributed by atoms with Crippen LogP contribution < -0.4 is 15.4 Å². The molecule has 110 valence electrons. The minimum atomic E-state index is -0.892. The summed E-state index contributed by atoms with van der Waals surface area (Å²) in [5.74, 6) is -2.28. The lowest BCUT2D eigenvalue weighted by molar-refractivity contribution is 0.206. The molecule has 20 heavy (non-hydrogen) atoms. The van der Waals surface area contributed by atoms with Gasteiger partial charge in [-0.25, -0.2) is 13.6 Å². The van der Waals surface area contributed by atoms with Gasteiger partial charge in [0.25, 0.3) is 0 Å². The molecule has 1 aromatic rings. The molecule has 0 aliphatic heterocycles. The van der Waals surface area contributed by atoms with Crippen LogP contribution in [0.15, 0.2) is 12.1 Å². The Balaban J connectivity index is 1.94. The average Bonchev–Trinajstić information content (AvgIpc) is 3.17. The number of hydrogen-bond donors (Lipinski definition) is 3. The van der Waals surface area contributed by atoms with Crippen molar-refractivity contribution in [3.8, 4) is 5.75 Å². The van der Waals surface area contributed by atoms with E-state index in [9.17, 15) is 13.6 Å². The second-order valence-electron chi connectivity index (χ2n) is 4.94. The number of nitrogens with one attached hydrogen (secondary N) is 2. The molecule has 0 aromatic heterocycles. The van der Waals surface area contributed by atoms with Crippen LogP contribution in [-0.2, 0) is 0 Å². The monoisotopic (exact) mass is 286 g/mol. The minimum Gasteiger partial charge on any atom is -0.491 e. The zero-order valence-electron chi connectivity index (χ0n) is 11.0. The van der Waals surface area contributed by atoms with Gasteiger partial charge < -0.3 is 20.5 Å². The zero-order chi connectivity index (χ0) is 14.8. The summed E-state index contributed by atoms with van der Waals surface area (Å²) in [6, 6.07) is 1.37. The Labute approximate surface area is 114 Å². The number of benzene rings is 1. The molecule has 1 saturated carbocycles. The molecule has 2 amide bonds. The van der Waals surface area contributed by atoms with E-state index >= 15 is 0 Å². The van der Waals surface area contributed by atoms with E-state index in [4.69, 9.17) is 5.11 Å². The topological polar surface area (TPSA) is 70.6 Å². The molecule has 1 aromatic carbocycles. The molecular weight excluding hydrogens is 270 g/mol. The maximum Gasteiger partial charge on any atom is 0.319 e. The maximum absolute atomic E-state index is 13.4. The molecule has 7 heteroatoms. The van der Waals surface area contributed by atoms with Crippen LogP contribution in [0.1, 0.15) is 12.8 Å². The van der Waals surface area contributed by atoms with E-state index in [-0.39, 0.29) is 17.7 Å². The fourth-order valence-corrected chi connectivity index (χ4v) is 1.84. The molecule has 5 nitrogen and oxygen atoms in total. The van der Waals surface area contributed by atoms with Gasteiger partial charge in [0.1, 0.15) is 0 Å². The predicted octanol–water partition coefficient (Wildman–Crippen LogP) is 1.87. The van der Waals surface area contributed by atoms with Gasteiger partial charge >= 0.3 is 6.03 Å². The third-order valence-corrected chi connectivity index (χ3v) is 3.38. The smallest absolute Gasteiger partial charge is 0.319 e. The third-order valence-electron chi connectivity index (χ3n) is 3.38. The Hall–Kier alpha value is -1.89. The van der Waals surface area contributed by atoms with Crippen molar-refractivity contribution in [3.63, 3.8) is 0 Å². The lowest BCUT2D eigenvalue weighted by atomic mass is 10.1. The molecular formula is C13H16F2N2O3. The van der Waals surface area contributed by atoms with Crippen LogP contribution in [-0.4, -0.2) is 31.4 Å². The van der Waals surface area contributed by atoms with Gasteiger partial charge in [0.15, 0.2) is 17.4 Å². The Bertz CT molecular complexity index is 495. The van der Waals surface area contributed by atoms with Crippen molar-refractivity contribution in [1.29, 1.82) is 0 Å². The Morgan fingerprint density at radius 3 is 2.45 bits per heavy atom. The summed E-state index contributed by atoms with van der Waals surface area (Å²) >= 11 is 0. The van der Waals surface area contributed by atoms with Crippen molar-refractivity contribution in [3.05, 3.63) is 23.8 Å². The van der Waals surface area contributed by atoms with E-state index < -0.39 is 23.4 Å². The molecule has 1 aliphatic rings. The number of ether oxygens (including phenoxy) is 1. The summed E-state index contributed by atoms with van der Waals surface area (Å²) in [4.78, 5) is 11.6. The van der Waals surface area contributed by atoms with E-state index in [1.165, 1.54) is 0 Å². The number of rotatable bonds is 5. The number of urea groups is 1. The number of amides is 2. The van der Waals surface area contributed by atoms with E-state index in [1.54, 1.807) is 0 Å². The van der Waals surface area contributed by atoms with E-state index in [0.717, 1.165) is 32.1 Å². The lowest BCUT2D eigenvalue weighted by Crippen LogP contribution is -2.35. The van der Waals surface area contributed by atoms with Crippen molar-refractivity contribution in [2.75, 3.05) is 25.6 Å². The van der Waals surface area contributed by atoms with Gasteiger partial charge in [-0.1, -0.05) is 0 Å². The first-order valence-electron chi connectivity index (χ1n) is 6.18. The summed E-state index contributed by atoms with van der Waals surface area (Å²) in [7, 11) is 1.16. The van der Waals surface area contributed by atoms with Crippen LogP contribution in [0.5, 0.6) is 5.75 Å². The van der Waals surface area contributed by atoms with Crippen molar-refractivity contribution < 1.29 is 23.4 Å². The first-order chi connectivity index (χ1) is 9.49. The van der Waals surface area contributed by atoms with Gasteiger partial charge in [0.2, 0.25) is 0 Å². The van der Waals surface area contributed by atoms with Crippen LogP contribution in [0.4, 0.5) is 19.3 Å². The summed E-state index contributed by atoms with van der Waals surface area (Å²) in [5, 5.41) is 14.0. The second kappa shape index (κ2) is 5.62. The number of anilines is 1. The molecule has 3 N–H and O–H groups in total. The number of halogens is 2. The number of carbonyl (C=O) groups excluding carboxylic acids is 1. The quantitative estimate of drug-likeness (QED) is 0.774. The van der Waals surface area contributed by atoms with Crippen LogP contribution in [0.25, 0.3) is 0 Å². The highest BCUT2D eigenvalue weighted by molar-refractivity contribution is 5.89. The summed E-state index contributed by atoms with van der Waals surface area (Å²) in [5.41, 5.74) is -0.236. The Morgan fingerprint density at radius 1 is 1.40 bits per heavy atom. The highest BCUT2D eigenvalue weighted by Crippen LogP contribution is 2.44. The molecule has 0 saturated heterocycles. The molecule has 1 aliphatic carbocycles. The minimum absolute atomic E-state index is 0.00727. The maximum atomic E-state index is 13.4. The van der Waals surface area contributed by atoms with Gasteiger partial charge in [-0.15, -0.1) is 0 Å². The molecule has 0 heterocycles. The fourth-order valence-electron chi connectivity index (χ4n) is 1.84. The summed E-state index contributed by atoms with van der Waals surface area (Å²) < 4.78 is 31.4. The third kappa shape index (κ3) is 3.16. The highest BCUT2D eigenvalue weighted by Gasteiger charge is 2.42. The number of aliphatic hydroxyl groups is 1. The molecule has 2 rings (SSSR count). The predicted molar refractivity (Wildman–Crippen MR) is 68.7 cm³/mol. The molecule has 0 bridgehead atoms. The van der Waals surface area contributed by atoms with Gasteiger partial charge in [-0.3, -0.25) is 0 Å². The van der Waals surface area contributed by atoms with Crippen molar-refractivity contribution in [1.82, 2.24) is 5.32 Å². The number of hydrogen-bond acceptors (Lipinski definition) is 3. The average molecular weight is 286 g/mol. The summed E-state index contributed by atoms with van der Waals surface area (Å²) in [6.45, 7) is 0.343. The normalized spacial score (nSPS) is 15.6. The van der Waals surface area contributed by atoms with Crippen LogP contribution in [0, 0.1) is 17.0 Å². The molecule has 0 spiro atoms. The van der Waals surface area contributed by atoms with Gasteiger partial charge in [-0.2, -0.15) is 0 Å². The molecule has 0 unspecified atom stereocenters. The highest BCUT2D eigenvalue weighted by atomic mass is 19.1. The van der Waals surface area contributed by atoms with Crippen LogP contribution in [0.3, 0.4) is 0 Å². The summed E-state index contributed by atoms with van der Waals surface area (Å²) in [6.07, 6.45) is 1.71. The van der Waals surface area contributed by atoms with Gasteiger partial charge in [0.05, 0.1) is 13.7 Å². The van der Waals surface area contributed by atoms with Crippen molar-refractivity contribution >= 4 is 11.7 Å². The lowest BCUT2D eigenvalue weighted by Gasteiger charge is -2.14. The first kappa shape index (κ1) is 14.5. The SMILES string of the molecule is COc1c(F)cc(NC(=O)NCC2(CO)CC2)cc1F. The zero-order valence-corrected chi connectivity index (χ0v) is 11.0. The second-order valence-corrected chi connectivity index (χ2v) is 4.94. The van der Waals surface area contributed by atoms with Crippen molar-refractivity contribution in [2.24, 2.45) is 5.41 Å². The van der Waals surface area contributed by atoms with Gasteiger partial charge in [0, 0.05) is 29.8 Å². The van der Waals surface area contributed by atoms with Crippen LogP contribution in [0.2, 0.25) is 0 Å². The molecule has 1 fully saturated rings. The first-order valence-corrected chi connectivity index (χ1v) is 6.18. The van der Waals surface area contributed by atoms with Crippen molar-refractivity contribution in [2.45, 2.75) is 12.8 Å². The number of carbonyl (C=O) groups is 1. The Kier molecular flexibility index (Phi) is 4.08. The molecule has 0 radical (unpaired) electrons. The number of aliphatic hydroxyl groups excluding tert-OH is 1.